The number of hydrogen-bond donors (Lipinski definition) is 2. The molecule has 5 nitrogen and oxygen atoms in total. The van der Waals surface area contributed by atoms with Crippen molar-refractivity contribution < 1.29 is 0 Å². The number of fused-ring (bicyclic) bond motifs is 2. The maximum Gasteiger partial charge on any atom is 0.142 e. The summed E-state index contributed by atoms with van der Waals surface area (Å²) in [5.41, 5.74) is 11.9. The summed E-state index contributed by atoms with van der Waals surface area (Å²) < 4.78 is 2.21. The van der Waals surface area contributed by atoms with E-state index in [0.717, 1.165) is 53.8 Å². The fraction of sp³-hybridized carbons (Fsp3) is 0.263. The highest BCUT2D eigenvalue weighted by Gasteiger charge is 2.23. The molecular weight excluding hydrogens is 298 g/mol. The average molecular weight is 317 g/mol. The fourth-order valence-electron chi connectivity index (χ4n) is 3.64. The van der Waals surface area contributed by atoms with Gasteiger partial charge in [0.2, 0.25) is 0 Å². The van der Waals surface area contributed by atoms with Crippen molar-refractivity contribution in [1.82, 2.24) is 14.9 Å². The smallest absolute Gasteiger partial charge is 0.142 e. The third kappa shape index (κ3) is 2.08. The van der Waals surface area contributed by atoms with E-state index in [4.69, 9.17) is 5.73 Å². The first kappa shape index (κ1) is 14.7. The number of aryl methyl sites for hydroxylation is 1. The summed E-state index contributed by atoms with van der Waals surface area (Å²) in [5.74, 6) is 0.333. The van der Waals surface area contributed by atoms with Crippen molar-refractivity contribution in [2.45, 2.75) is 26.4 Å². The Kier molecular flexibility index (Phi) is 3.47. The number of nitriles is 1. The van der Waals surface area contributed by atoms with Crippen LogP contribution in [0.3, 0.4) is 0 Å². The molecule has 1 aliphatic rings. The summed E-state index contributed by atoms with van der Waals surface area (Å²) in [7, 11) is 0. The molecule has 0 fully saturated rings. The van der Waals surface area contributed by atoms with Crippen molar-refractivity contribution >= 4 is 16.7 Å². The Bertz CT molecular complexity index is 978. The van der Waals surface area contributed by atoms with E-state index in [9.17, 15) is 5.26 Å². The molecule has 0 amide bonds. The minimum atomic E-state index is 0.333. The monoisotopic (exact) mass is 317 g/mol. The van der Waals surface area contributed by atoms with E-state index in [2.05, 4.69) is 52.3 Å². The fourth-order valence-corrected chi connectivity index (χ4v) is 3.64. The lowest BCUT2D eigenvalue weighted by Crippen LogP contribution is -2.26. The highest BCUT2D eigenvalue weighted by atomic mass is 14.9. The van der Waals surface area contributed by atoms with Crippen LogP contribution in [0.25, 0.3) is 22.0 Å². The van der Waals surface area contributed by atoms with Gasteiger partial charge in [0.15, 0.2) is 0 Å². The molecule has 0 saturated heterocycles. The summed E-state index contributed by atoms with van der Waals surface area (Å²) in [6.07, 6.45) is 2.93. The molecule has 0 saturated carbocycles. The molecule has 1 aromatic carbocycles. The molecule has 3 N–H and O–H groups in total. The standard InChI is InChI=1S/C19H19N5/c1-2-24-9-7-12-13(4-3-5-17(12)24)18-14(10-20)19(21)23-16-6-8-22-11-15(16)18/h3-5,7,9,22H,2,6,8,11H2,1H3,(H2,21,23). The summed E-state index contributed by atoms with van der Waals surface area (Å²) >= 11 is 0. The number of aromatic nitrogens is 2. The number of hydrogen-bond acceptors (Lipinski definition) is 4. The Morgan fingerprint density at radius 2 is 2.25 bits per heavy atom. The first-order valence-electron chi connectivity index (χ1n) is 8.24. The molecule has 24 heavy (non-hydrogen) atoms. The van der Waals surface area contributed by atoms with Crippen molar-refractivity contribution in [2.75, 3.05) is 12.3 Å². The third-order valence-corrected chi connectivity index (χ3v) is 4.79. The zero-order valence-electron chi connectivity index (χ0n) is 13.6. The number of anilines is 1. The predicted molar refractivity (Wildman–Crippen MR) is 95.4 cm³/mol. The Hall–Kier alpha value is -2.84. The molecule has 0 atom stereocenters. The zero-order valence-corrected chi connectivity index (χ0v) is 13.6. The average Bonchev–Trinajstić information content (AvgIpc) is 3.04. The Morgan fingerprint density at radius 3 is 3.04 bits per heavy atom. The van der Waals surface area contributed by atoms with Gasteiger partial charge in [0.25, 0.3) is 0 Å². The molecule has 0 radical (unpaired) electrons. The van der Waals surface area contributed by atoms with Crippen LogP contribution in [0.4, 0.5) is 5.82 Å². The number of nitrogens with two attached hydrogens (primary N) is 1. The number of pyridine rings is 1. The van der Waals surface area contributed by atoms with E-state index >= 15 is 0 Å². The van der Waals surface area contributed by atoms with Crippen LogP contribution < -0.4 is 11.1 Å². The molecule has 3 aromatic rings. The van der Waals surface area contributed by atoms with Crippen LogP contribution in [0, 0.1) is 11.3 Å². The van der Waals surface area contributed by atoms with Crippen LogP contribution in [-0.2, 0) is 19.5 Å². The van der Waals surface area contributed by atoms with Gasteiger partial charge < -0.3 is 15.6 Å². The summed E-state index contributed by atoms with van der Waals surface area (Å²) in [4.78, 5) is 4.48. The van der Waals surface area contributed by atoms with Gasteiger partial charge in [-0.3, -0.25) is 0 Å². The molecule has 5 heteroatoms. The van der Waals surface area contributed by atoms with Crippen molar-refractivity contribution in [3.05, 3.63) is 47.3 Å². The topological polar surface area (TPSA) is 79.7 Å². The Morgan fingerprint density at radius 1 is 1.38 bits per heavy atom. The van der Waals surface area contributed by atoms with Crippen molar-refractivity contribution in [2.24, 2.45) is 0 Å². The van der Waals surface area contributed by atoms with Crippen molar-refractivity contribution in [3.8, 4) is 17.2 Å². The maximum absolute atomic E-state index is 9.69. The second kappa shape index (κ2) is 5.66. The van der Waals surface area contributed by atoms with Crippen LogP contribution in [0.5, 0.6) is 0 Å². The van der Waals surface area contributed by atoms with E-state index in [-0.39, 0.29) is 0 Å². The van der Waals surface area contributed by atoms with Crippen LogP contribution >= 0.6 is 0 Å². The number of benzene rings is 1. The minimum absolute atomic E-state index is 0.333. The molecular formula is C19H19N5. The quantitative estimate of drug-likeness (QED) is 0.761. The van der Waals surface area contributed by atoms with Crippen LogP contribution in [0.2, 0.25) is 0 Å². The SMILES string of the molecule is CCn1ccc2c(-c3c(C#N)c(N)nc4c3CNCC4)cccc21. The van der Waals surface area contributed by atoms with E-state index in [1.54, 1.807) is 0 Å². The number of nitrogen functional groups attached to an aromatic ring is 1. The van der Waals surface area contributed by atoms with Gasteiger partial charge in [0, 0.05) is 54.4 Å². The molecule has 1 aliphatic heterocycles. The van der Waals surface area contributed by atoms with E-state index in [1.165, 1.54) is 5.52 Å². The van der Waals surface area contributed by atoms with Gasteiger partial charge in [-0.25, -0.2) is 4.98 Å². The van der Waals surface area contributed by atoms with E-state index in [1.807, 2.05) is 6.07 Å². The lowest BCUT2D eigenvalue weighted by molar-refractivity contribution is 0.632. The first-order valence-corrected chi connectivity index (χ1v) is 8.24. The maximum atomic E-state index is 9.69. The van der Waals surface area contributed by atoms with Gasteiger partial charge in [-0.15, -0.1) is 0 Å². The summed E-state index contributed by atoms with van der Waals surface area (Å²) in [5, 5.41) is 14.2. The third-order valence-electron chi connectivity index (χ3n) is 4.79. The van der Waals surface area contributed by atoms with Crippen molar-refractivity contribution in [3.63, 3.8) is 0 Å². The van der Waals surface area contributed by atoms with E-state index < -0.39 is 0 Å². The Labute approximate surface area is 140 Å². The van der Waals surface area contributed by atoms with Gasteiger partial charge >= 0.3 is 0 Å². The Balaban J connectivity index is 2.09. The summed E-state index contributed by atoms with van der Waals surface area (Å²) in [6.45, 7) is 4.65. The second-order valence-electron chi connectivity index (χ2n) is 6.05. The lowest BCUT2D eigenvalue weighted by atomic mass is 9.90. The molecule has 4 rings (SSSR count). The van der Waals surface area contributed by atoms with Gasteiger partial charge in [-0.2, -0.15) is 5.26 Å². The van der Waals surface area contributed by atoms with Crippen LogP contribution in [0.1, 0.15) is 23.7 Å². The molecule has 120 valence electrons. The second-order valence-corrected chi connectivity index (χ2v) is 6.05. The normalized spacial score (nSPS) is 13.7. The molecule has 3 heterocycles. The zero-order chi connectivity index (χ0) is 16.7. The predicted octanol–water partition coefficient (Wildman–Crippen LogP) is 2.82. The number of rotatable bonds is 2. The van der Waals surface area contributed by atoms with Crippen LogP contribution in [0.15, 0.2) is 30.5 Å². The molecule has 0 bridgehead atoms. The molecule has 0 unspecified atom stereocenters. The van der Waals surface area contributed by atoms with Gasteiger partial charge in [-0.1, -0.05) is 12.1 Å². The molecule has 0 aliphatic carbocycles. The highest BCUT2D eigenvalue weighted by molar-refractivity contribution is 5.98. The summed E-state index contributed by atoms with van der Waals surface area (Å²) in [6, 6.07) is 10.6. The first-order chi connectivity index (χ1) is 11.7. The lowest BCUT2D eigenvalue weighted by Gasteiger charge is -2.22. The minimum Gasteiger partial charge on any atom is -0.383 e. The molecule has 2 aromatic heterocycles. The number of nitrogens with one attached hydrogen (secondary N) is 1. The van der Waals surface area contributed by atoms with E-state index in [0.29, 0.717) is 11.4 Å². The van der Waals surface area contributed by atoms with Gasteiger partial charge in [0.1, 0.15) is 17.5 Å². The number of nitrogens with zero attached hydrogens (tertiary/aromatic N) is 3. The van der Waals surface area contributed by atoms with Crippen molar-refractivity contribution in [1.29, 1.82) is 5.26 Å². The van der Waals surface area contributed by atoms with Crippen LogP contribution in [-0.4, -0.2) is 16.1 Å². The highest BCUT2D eigenvalue weighted by Crippen LogP contribution is 2.37. The largest absolute Gasteiger partial charge is 0.383 e. The molecule has 0 spiro atoms. The van der Waals surface area contributed by atoms with Gasteiger partial charge in [-0.05, 0) is 30.2 Å². The van der Waals surface area contributed by atoms with Gasteiger partial charge in [0.05, 0.1) is 0 Å².